The average Bonchev–Trinajstić information content (AvgIpc) is 3.27. The summed E-state index contributed by atoms with van der Waals surface area (Å²) < 4.78 is 0. The van der Waals surface area contributed by atoms with Gasteiger partial charge in [-0.15, -0.1) is 0 Å². The molecule has 20 heavy (non-hydrogen) atoms. The largest absolute Gasteiger partial charge is 0.390 e. The highest BCUT2D eigenvalue weighted by atomic mass is 16.3. The molecular formula is C19H28O. The zero-order valence-corrected chi connectivity index (χ0v) is 12.7. The van der Waals surface area contributed by atoms with Crippen LogP contribution in [0.1, 0.15) is 69.8 Å². The first-order valence-electron chi connectivity index (χ1n) is 8.50. The smallest absolute Gasteiger partial charge is 0.0682 e. The van der Waals surface area contributed by atoms with Crippen molar-refractivity contribution < 1.29 is 5.11 Å². The van der Waals surface area contributed by atoms with E-state index in [1.165, 1.54) is 44.1 Å². The lowest BCUT2D eigenvalue weighted by molar-refractivity contribution is -0.000168. The van der Waals surface area contributed by atoms with Crippen molar-refractivity contribution in [2.75, 3.05) is 0 Å². The van der Waals surface area contributed by atoms with Gasteiger partial charge < -0.3 is 5.11 Å². The van der Waals surface area contributed by atoms with E-state index in [9.17, 15) is 5.11 Å². The highest BCUT2D eigenvalue weighted by molar-refractivity contribution is 5.27. The Bertz CT molecular complexity index is 427. The SMILES string of the molecule is CCCC1CCCC(O)(C2CC2c2ccccc2)CC1. The van der Waals surface area contributed by atoms with E-state index in [0.717, 1.165) is 18.8 Å². The topological polar surface area (TPSA) is 20.2 Å². The summed E-state index contributed by atoms with van der Waals surface area (Å²) in [4.78, 5) is 0. The number of hydrogen-bond donors (Lipinski definition) is 1. The van der Waals surface area contributed by atoms with Gasteiger partial charge in [-0.25, -0.2) is 0 Å². The van der Waals surface area contributed by atoms with Crippen LogP contribution in [0.3, 0.4) is 0 Å². The molecule has 3 rings (SSSR count). The summed E-state index contributed by atoms with van der Waals surface area (Å²) in [6.07, 6.45) is 9.69. The molecule has 1 aromatic rings. The lowest BCUT2D eigenvalue weighted by atomic mass is 9.86. The van der Waals surface area contributed by atoms with Gasteiger partial charge in [0.2, 0.25) is 0 Å². The quantitative estimate of drug-likeness (QED) is 0.773. The zero-order chi connectivity index (χ0) is 14.0. The molecule has 110 valence electrons. The molecule has 2 saturated carbocycles. The van der Waals surface area contributed by atoms with Gasteiger partial charge in [-0.1, -0.05) is 62.9 Å². The number of aliphatic hydroxyl groups is 1. The van der Waals surface area contributed by atoms with E-state index < -0.39 is 0 Å². The molecule has 0 heterocycles. The second-order valence-corrected chi connectivity index (χ2v) is 7.05. The predicted molar refractivity (Wildman–Crippen MR) is 83.7 cm³/mol. The zero-order valence-electron chi connectivity index (χ0n) is 12.7. The van der Waals surface area contributed by atoms with E-state index >= 15 is 0 Å². The second-order valence-electron chi connectivity index (χ2n) is 7.05. The van der Waals surface area contributed by atoms with Crippen LogP contribution in [0.2, 0.25) is 0 Å². The molecule has 4 atom stereocenters. The standard InChI is InChI=1S/C19H28O/c1-2-7-15-8-6-12-19(20,13-11-15)18-14-17(18)16-9-4-3-5-10-16/h3-5,9-10,15,17-18,20H,2,6-8,11-14H2,1H3. The van der Waals surface area contributed by atoms with Gasteiger partial charge in [-0.2, -0.15) is 0 Å². The summed E-state index contributed by atoms with van der Waals surface area (Å²) in [5.74, 6) is 2.00. The van der Waals surface area contributed by atoms with Crippen LogP contribution >= 0.6 is 0 Å². The minimum Gasteiger partial charge on any atom is -0.390 e. The molecule has 1 N–H and O–H groups in total. The third kappa shape index (κ3) is 2.93. The van der Waals surface area contributed by atoms with Gasteiger partial charge in [0, 0.05) is 0 Å². The molecule has 2 fully saturated rings. The molecule has 0 aromatic heterocycles. The summed E-state index contributed by atoms with van der Waals surface area (Å²) in [6.45, 7) is 2.28. The Morgan fingerprint density at radius 1 is 1.15 bits per heavy atom. The van der Waals surface area contributed by atoms with Gasteiger partial charge in [0.25, 0.3) is 0 Å². The molecule has 0 bridgehead atoms. The van der Waals surface area contributed by atoms with Crippen molar-refractivity contribution in [1.82, 2.24) is 0 Å². The molecule has 0 aliphatic heterocycles. The van der Waals surface area contributed by atoms with E-state index in [1.807, 2.05) is 0 Å². The van der Waals surface area contributed by atoms with Crippen molar-refractivity contribution in [2.45, 2.75) is 69.8 Å². The molecule has 2 aliphatic rings. The van der Waals surface area contributed by atoms with E-state index in [0.29, 0.717) is 11.8 Å². The maximum Gasteiger partial charge on any atom is 0.0682 e. The van der Waals surface area contributed by atoms with Crippen molar-refractivity contribution >= 4 is 0 Å². The highest BCUT2D eigenvalue weighted by Crippen LogP contribution is 2.57. The first-order valence-corrected chi connectivity index (χ1v) is 8.50. The first kappa shape index (κ1) is 14.1. The summed E-state index contributed by atoms with van der Waals surface area (Å²) >= 11 is 0. The van der Waals surface area contributed by atoms with Crippen LogP contribution in [0.25, 0.3) is 0 Å². The Morgan fingerprint density at radius 2 is 1.95 bits per heavy atom. The Labute approximate surface area is 123 Å². The van der Waals surface area contributed by atoms with Gasteiger partial charge in [0.15, 0.2) is 0 Å². The third-order valence-electron chi connectivity index (χ3n) is 5.61. The van der Waals surface area contributed by atoms with E-state index in [-0.39, 0.29) is 5.60 Å². The van der Waals surface area contributed by atoms with Crippen LogP contribution < -0.4 is 0 Å². The Balaban J connectivity index is 1.63. The minimum absolute atomic E-state index is 0.372. The van der Waals surface area contributed by atoms with Crippen LogP contribution in [-0.4, -0.2) is 10.7 Å². The highest BCUT2D eigenvalue weighted by Gasteiger charge is 2.52. The molecule has 0 saturated heterocycles. The van der Waals surface area contributed by atoms with Gasteiger partial charge in [0.1, 0.15) is 0 Å². The maximum absolute atomic E-state index is 11.1. The maximum atomic E-state index is 11.1. The summed E-state index contributed by atoms with van der Waals surface area (Å²) in [6, 6.07) is 10.8. The molecule has 0 radical (unpaired) electrons. The molecule has 1 heteroatoms. The lowest BCUT2D eigenvalue weighted by Crippen LogP contribution is -2.31. The van der Waals surface area contributed by atoms with Crippen LogP contribution in [-0.2, 0) is 0 Å². The fourth-order valence-corrected chi connectivity index (χ4v) is 4.35. The average molecular weight is 272 g/mol. The minimum atomic E-state index is -0.372. The fourth-order valence-electron chi connectivity index (χ4n) is 4.35. The van der Waals surface area contributed by atoms with E-state index in [4.69, 9.17) is 0 Å². The molecule has 0 spiro atoms. The van der Waals surface area contributed by atoms with Gasteiger partial charge in [-0.3, -0.25) is 0 Å². The first-order chi connectivity index (χ1) is 9.73. The fraction of sp³-hybridized carbons (Fsp3) is 0.684. The Hall–Kier alpha value is -0.820. The van der Waals surface area contributed by atoms with Crippen molar-refractivity contribution in [2.24, 2.45) is 11.8 Å². The molecule has 0 amide bonds. The van der Waals surface area contributed by atoms with Crippen molar-refractivity contribution in [3.63, 3.8) is 0 Å². The second kappa shape index (κ2) is 5.89. The summed E-state index contributed by atoms with van der Waals surface area (Å²) in [7, 11) is 0. The molecule has 4 unspecified atom stereocenters. The normalized spacial score (nSPS) is 37.4. The molecular weight excluding hydrogens is 244 g/mol. The van der Waals surface area contributed by atoms with Gasteiger partial charge in [-0.05, 0) is 49.0 Å². The predicted octanol–water partition coefficient (Wildman–Crippen LogP) is 4.90. The van der Waals surface area contributed by atoms with Gasteiger partial charge in [0.05, 0.1) is 5.60 Å². The van der Waals surface area contributed by atoms with Crippen molar-refractivity contribution in [3.05, 3.63) is 35.9 Å². The van der Waals surface area contributed by atoms with Crippen molar-refractivity contribution in [3.8, 4) is 0 Å². The Morgan fingerprint density at radius 3 is 2.70 bits per heavy atom. The summed E-state index contributed by atoms with van der Waals surface area (Å²) in [5, 5.41) is 11.1. The molecule has 1 aromatic carbocycles. The van der Waals surface area contributed by atoms with Crippen LogP contribution in [0.5, 0.6) is 0 Å². The molecule has 2 aliphatic carbocycles. The van der Waals surface area contributed by atoms with E-state index in [2.05, 4.69) is 37.3 Å². The van der Waals surface area contributed by atoms with Crippen molar-refractivity contribution in [1.29, 1.82) is 0 Å². The van der Waals surface area contributed by atoms with E-state index in [1.54, 1.807) is 0 Å². The molecule has 1 nitrogen and oxygen atoms in total. The summed E-state index contributed by atoms with van der Waals surface area (Å²) in [5.41, 5.74) is 1.06. The van der Waals surface area contributed by atoms with Crippen LogP contribution in [0.4, 0.5) is 0 Å². The van der Waals surface area contributed by atoms with Crippen LogP contribution in [0, 0.1) is 11.8 Å². The number of rotatable bonds is 4. The Kier molecular flexibility index (Phi) is 4.16. The lowest BCUT2D eigenvalue weighted by Gasteiger charge is -2.27. The number of hydrogen-bond acceptors (Lipinski definition) is 1. The van der Waals surface area contributed by atoms with Crippen LogP contribution in [0.15, 0.2) is 30.3 Å². The van der Waals surface area contributed by atoms with Gasteiger partial charge >= 0.3 is 0 Å². The number of benzene rings is 1. The third-order valence-corrected chi connectivity index (χ3v) is 5.61. The monoisotopic (exact) mass is 272 g/mol.